The van der Waals surface area contributed by atoms with Crippen LogP contribution in [0.3, 0.4) is 0 Å². The SMILES string of the molecule is Cc1ccc(CNC(=O)c2cc(-c3ccccc3)no2)c(=O)n1C. The van der Waals surface area contributed by atoms with Crippen LogP contribution >= 0.6 is 0 Å². The fraction of sp³-hybridized carbons (Fsp3) is 0.167. The highest BCUT2D eigenvalue weighted by Crippen LogP contribution is 2.18. The topological polar surface area (TPSA) is 77.1 Å². The summed E-state index contributed by atoms with van der Waals surface area (Å²) in [6.07, 6.45) is 0. The molecule has 2 heterocycles. The van der Waals surface area contributed by atoms with Crippen LogP contribution in [-0.2, 0) is 13.6 Å². The summed E-state index contributed by atoms with van der Waals surface area (Å²) in [5.74, 6) is -0.301. The minimum atomic E-state index is -0.410. The molecule has 1 N–H and O–H groups in total. The molecule has 2 aromatic heterocycles. The van der Waals surface area contributed by atoms with E-state index >= 15 is 0 Å². The second kappa shape index (κ2) is 6.54. The van der Waals surface area contributed by atoms with Gasteiger partial charge in [0.05, 0.1) is 0 Å². The van der Waals surface area contributed by atoms with Crippen LogP contribution in [0.1, 0.15) is 21.8 Å². The molecule has 24 heavy (non-hydrogen) atoms. The normalized spacial score (nSPS) is 10.6. The molecule has 0 aliphatic carbocycles. The molecular formula is C18H17N3O3. The zero-order valence-corrected chi connectivity index (χ0v) is 13.4. The number of aromatic nitrogens is 2. The number of aryl methyl sites for hydroxylation is 1. The molecule has 0 radical (unpaired) electrons. The van der Waals surface area contributed by atoms with E-state index < -0.39 is 5.91 Å². The van der Waals surface area contributed by atoms with E-state index in [9.17, 15) is 9.59 Å². The quantitative estimate of drug-likeness (QED) is 0.799. The number of hydrogen-bond acceptors (Lipinski definition) is 4. The Balaban J connectivity index is 1.71. The van der Waals surface area contributed by atoms with Gasteiger partial charge < -0.3 is 14.4 Å². The van der Waals surface area contributed by atoms with Crippen LogP contribution < -0.4 is 10.9 Å². The van der Waals surface area contributed by atoms with Crippen molar-refractivity contribution in [2.45, 2.75) is 13.5 Å². The Kier molecular flexibility index (Phi) is 4.29. The first-order chi connectivity index (χ1) is 11.6. The predicted molar refractivity (Wildman–Crippen MR) is 89.5 cm³/mol. The van der Waals surface area contributed by atoms with Gasteiger partial charge in [-0.1, -0.05) is 41.6 Å². The molecule has 0 spiro atoms. The lowest BCUT2D eigenvalue weighted by Gasteiger charge is -2.07. The largest absolute Gasteiger partial charge is 0.350 e. The minimum Gasteiger partial charge on any atom is -0.350 e. The molecule has 6 heteroatoms. The summed E-state index contributed by atoms with van der Waals surface area (Å²) in [7, 11) is 1.70. The van der Waals surface area contributed by atoms with Gasteiger partial charge in [0.2, 0.25) is 5.76 Å². The van der Waals surface area contributed by atoms with Crippen molar-refractivity contribution in [1.82, 2.24) is 15.0 Å². The lowest BCUT2D eigenvalue weighted by Crippen LogP contribution is -2.29. The number of hydrogen-bond donors (Lipinski definition) is 1. The molecular weight excluding hydrogens is 306 g/mol. The van der Waals surface area contributed by atoms with Crippen LogP contribution in [0.2, 0.25) is 0 Å². The van der Waals surface area contributed by atoms with E-state index in [4.69, 9.17) is 4.52 Å². The lowest BCUT2D eigenvalue weighted by atomic mass is 10.1. The van der Waals surface area contributed by atoms with Crippen molar-refractivity contribution in [2.75, 3.05) is 0 Å². The minimum absolute atomic E-state index is 0.109. The van der Waals surface area contributed by atoms with Gasteiger partial charge in [-0.2, -0.15) is 0 Å². The van der Waals surface area contributed by atoms with Crippen LogP contribution in [0, 0.1) is 6.92 Å². The molecule has 0 saturated carbocycles. The summed E-state index contributed by atoms with van der Waals surface area (Å²) < 4.78 is 6.64. The predicted octanol–water partition coefficient (Wildman–Crippen LogP) is 2.28. The highest BCUT2D eigenvalue weighted by Gasteiger charge is 2.14. The van der Waals surface area contributed by atoms with E-state index in [2.05, 4.69) is 10.5 Å². The van der Waals surface area contributed by atoms with Gasteiger partial charge in [0.25, 0.3) is 11.5 Å². The third-order valence-electron chi connectivity index (χ3n) is 3.88. The van der Waals surface area contributed by atoms with Crippen molar-refractivity contribution >= 4 is 5.91 Å². The van der Waals surface area contributed by atoms with Crippen LogP contribution in [0.15, 0.2) is 57.8 Å². The van der Waals surface area contributed by atoms with Crippen molar-refractivity contribution in [3.63, 3.8) is 0 Å². The van der Waals surface area contributed by atoms with Gasteiger partial charge in [0, 0.05) is 36.5 Å². The number of benzene rings is 1. The first kappa shape index (κ1) is 15.7. The first-order valence-corrected chi connectivity index (χ1v) is 7.52. The Labute approximate surface area is 138 Å². The summed E-state index contributed by atoms with van der Waals surface area (Å²) in [6.45, 7) is 1.98. The zero-order chi connectivity index (χ0) is 17.1. The maximum atomic E-state index is 12.2. The van der Waals surface area contributed by atoms with E-state index in [0.29, 0.717) is 11.3 Å². The van der Waals surface area contributed by atoms with Crippen molar-refractivity contribution in [1.29, 1.82) is 0 Å². The third-order valence-corrected chi connectivity index (χ3v) is 3.88. The Hall–Kier alpha value is -3.15. The van der Waals surface area contributed by atoms with Crippen molar-refractivity contribution < 1.29 is 9.32 Å². The van der Waals surface area contributed by atoms with E-state index in [1.165, 1.54) is 0 Å². The van der Waals surface area contributed by atoms with E-state index in [1.54, 1.807) is 23.7 Å². The van der Waals surface area contributed by atoms with Crippen molar-refractivity contribution in [3.05, 3.63) is 75.9 Å². The molecule has 6 nitrogen and oxygen atoms in total. The van der Waals surface area contributed by atoms with E-state index in [1.807, 2.05) is 43.3 Å². The van der Waals surface area contributed by atoms with Crippen LogP contribution in [-0.4, -0.2) is 15.6 Å². The number of nitrogens with zero attached hydrogens (tertiary/aromatic N) is 2. The second-order valence-electron chi connectivity index (χ2n) is 5.49. The molecule has 0 aliphatic heterocycles. The lowest BCUT2D eigenvalue weighted by molar-refractivity contribution is 0.0914. The summed E-state index contributed by atoms with van der Waals surface area (Å²) in [5.41, 5.74) is 2.70. The molecule has 0 saturated heterocycles. The number of carbonyl (C=O) groups excluding carboxylic acids is 1. The van der Waals surface area contributed by atoms with Gasteiger partial charge >= 0.3 is 0 Å². The van der Waals surface area contributed by atoms with Gasteiger partial charge in [-0.05, 0) is 13.0 Å². The number of pyridine rings is 1. The van der Waals surface area contributed by atoms with Gasteiger partial charge in [0.15, 0.2) is 0 Å². The number of rotatable bonds is 4. The van der Waals surface area contributed by atoms with E-state index in [-0.39, 0.29) is 17.9 Å². The standard InChI is InChI=1S/C18H17N3O3/c1-12-8-9-14(18(23)21(12)2)11-19-17(22)16-10-15(20-24-16)13-6-4-3-5-7-13/h3-10H,11H2,1-2H3,(H,19,22). The number of carbonyl (C=O) groups is 1. The molecule has 1 amide bonds. The summed E-state index contributed by atoms with van der Waals surface area (Å²) in [6, 6.07) is 14.6. The Bertz CT molecular complexity index is 926. The van der Waals surface area contributed by atoms with Crippen LogP contribution in [0.25, 0.3) is 11.3 Å². The average Bonchev–Trinajstić information content (AvgIpc) is 3.10. The Morgan fingerprint density at radius 3 is 2.71 bits per heavy atom. The van der Waals surface area contributed by atoms with Gasteiger partial charge in [0.1, 0.15) is 5.69 Å². The zero-order valence-electron chi connectivity index (χ0n) is 13.4. The van der Waals surface area contributed by atoms with Crippen molar-refractivity contribution in [2.24, 2.45) is 7.05 Å². The highest BCUT2D eigenvalue weighted by molar-refractivity contribution is 5.92. The third kappa shape index (κ3) is 3.12. The summed E-state index contributed by atoms with van der Waals surface area (Å²) in [5, 5.41) is 6.59. The maximum absolute atomic E-state index is 12.2. The molecule has 1 aromatic carbocycles. The molecule has 0 aliphatic rings. The summed E-state index contributed by atoms with van der Waals surface area (Å²) >= 11 is 0. The van der Waals surface area contributed by atoms with Crippen molar-refractivity contribution in [3.8, 4) is 11.3 Å². The van der Waals surface area contributed by atoms with Crippen LogP contribution in [0.5, 0.6) is 0 Å². The maximum Gasteiger partial charge on any atom is 0.290 e. The molecule has 0 atom stereocenters. The fourth-order valence-corrected chi connectivity index (χ4v) is 2.30. The van der Waals surface area contributed by atoms with Gasteiger partial charge in [-0.25, -0.2) is 0 Å². The molecule has 3 aromatic rings. The number of nitrogens with one attached hydrogen (secondary N) is 1. The Morgan fingerprint density at radius 2 is 1.96 bits per heavy atom. The van der Waals surface area contributed by atoms with Crippen LogP contribution in [0.4, 0.5) is 0 Å². The first-order valence-electron chi connectivity index (χ1n) is 7.52. The monoisotopic (exact) mass is 323 g/mol. The molecule has 122 valence electrons. The second-order valence-corrected chi connectivity index (χ2v) is 5.49. The average molecular weight is 323 g/mol. The van der Waals surface area contributed by atoms with E-state index in [0.717, 1.165) is 11.3 Å². The molecule has 0 bridgehead atoms. The number of amides is 1. The molecule has 0 unspecified atom stereocenters. The molecule has 3 rings (SSSR count). The smallest absolute Gasteiger partial charge is 0.290 e. The summed E-state index contributed by atoms with van der Waals surface area (Å²) in [4.78, 5) is 24.3. The fourth-order valence-electron chi connectivity index (χ4n) is 2.30. The highest BCUT2D eigenvalue weighted by atomic mass is 16.5. The van der Waals surface area contributed by atoms with Gasteiger partial charge in [-0.15, -0.1) is 0 Å². The Morgan fingerprint density at radius 1 is 1.21 bits per heavy atom. The van der Waals surface area contributed by atoms with Gasteiger partial charge in [-0.3, -0.25) is 9.59 Å². The molecule has 0 fully saturated rings.